The topological polar surface area (TPSA) is 59.2 Å². The third kappa shape index (κ3) is 11.0. The summed E-state index contributed by atoms with van der Waals surface area (Å²) in [4.78, 5) is 4.45. The van der Waals surface area contributed by atoms with Crippen LogP contribution in [0.4, 0.5) is 0 Å². The van der Waals surface area contributed by atoms with Gasteiger partial charge in [0.15, 0.2) is 0 Å². The van der Waals surface area contributed by atoms with Crippen molar-refractivity contribution in [3.05, 3.63) is 558 Å². The van der Waals surface area contributed by atoms with E-state index in [4.69, 9.17) is 0 Å². The lowest BCUT2D eigenvalue weighted by Gasteiger charge is -2.31. The molecule has 3 spiro atoms. The Kier molecular flexibility index (Phi) is 17.5. The summed E-state index contributed by atoms with van der Waals surface area (Å²) in [6.45, 7) is 2.22. The zero-order valence-electron chi connectivity index (χ0n) is 73.9. The Morgan fingerprint density at radius 1 is 0.193 bits per heavy atom. The molecule has 24 aromatic rings. The highest BCUT2D eigenvalue weighted by Gasteiger charge is 2.56. The van der Waals surface area contributed by atoms with Gasteiger partial charge in [-0.1, -0.05) is 370 Å². The first kappa shape index (κ1) is 78.2. The van der Waals surface area contributed by atoms with Crippen LogP contribution in [0.15, 0.2) is 486 Å². The normalized spacial score (nSPS) is 15.7. The number of rotatable bonds is 7. The fourth-order valence-electron chi connectivity index (χ4n) is 24.9. The fourth-order valence-corrected chi connectivity index (χ4v) is 27.2. The van der Waals surface area contributed by atoms with Crippen LogP contribution in [0.2, 0.25) is 0 Å². The molecule has 0 radical (unpaired) electrons. The van der Waals surface area contributed by atoms with Gasteiger partial charge < -0.3 is 19.2 Å². The van der Waals surface area contributed by atoms with Gasteiger partial charge in [0.05, 0.1) is 49.3 Å². The van der Waals surface area contributed by atoms with Crippen molar-refractivity contribution in [2.75, 3.05) is 0 Å². The first-order valence-corrected chi connectivity index (χ1v) is 48.0. The Morgan fingerprint density at radius 2 is 0.481 bits per heavy atom. The van der Waals surface area contributed by atoms with Crippen molar-refractivity contribution in [1.82, 2.24) is 18.7 Å². The van der Waals surface area contributed by atoms with Gasteiger partial charge in [-0.15, -0.1) is 0 Å². The molecule has 30 rings (SSSR count). The average Bonchev–Trinajstić information content (AvgIpc) is 1.51. The average molecular weight is 1740 g/mol. The standard InChI is InChI=1S/C49H32NP.C42H26N2.C38H25N.H2O/c1-4-16-33(17-5-1)50-47-27-15-12-24-40(47)42-31-41-38-23-11-14-26-44(38)49(46(41)32-48(42)50)43-25-13-10-22-37(43)39-29-28-36(30-45(39)49)51(34-18-6-2-7-19-34)35-20-8-3-9-21-35;1-2-12-29(13-3-1)44-40-19-9-6-16-33(40)35-24-34-31-15-5-8-18-37(31)42(39(34)25-41(35)44)36-17-7-4-14-30(36)32-21-20-27(23-38(32)42)28-11-10-22-43-26-28;1-24-19-20-28-26-13-5-8-16-32(26)38(34(28)21-24)33-17-9-6-14-27(33)30-22-31-29-15-7-10-18-36(29)39(37(31)23-35(30)38)25-11-3-2-4-12-25;/h1-32H;1-26H;2-23H,1H3;1H2. The molecule has 0 aliphatic heterocycles. The van der Waals surface area contributed by atoms with Gasteiger partial charge in [-0.05, 0) is 285 Å². The number of benzene rings is 20. The molecule has 4 aromatic heterocycles. The number of pyridine rings is 1. The highest BCUT2D eigenvalue weighted by Crippen LogP contribution is 2.68. The number of fused-ring (bicyclic) bond motifs is 39. The van der Waals surface area contributed by atoms with Crippen LogP contribution in [-0.4, -0.2) is 24.2 Å². The molecule has 4 heterocycles. The van der Waals surface area contributed by atoms with Crippen LogP contribution >= 0.6 is 7.92 Å². The van der Waals surface area contributed by atoms with Gasteiger partial charge in [0.1, 0.15) is 0 Å². The van der Waals surface area contributed by atoms with Crippen LogP contribution in [0.1, 0.15) is 72.3 Å². The van der Waals surface area contributed by atoms with Gasteiger partial charge in [0.25, 0.3) is 0 Å². The lowest BCUT2D eigenvalue weighted by atomic mass is 9.70. The second-order valence-electron chi connectivity index (χ2n) is 36.6. The number of hydrogen-bond donors (Lipinski definition) is 0. The number of aryl methyl sites for hydroxylation is 1. The van der Waals surface area contributed by atoms with Crippen LogP contribution in [0.3, 0.4) is 0 Å². The molecule has 632 valence electrons. The molecular formula is C129H85N4OP. The largest absolute Gasteiger partial charge is 0.412 e. The van der Waals surface area contributed by atoms with Crippen molar-refractivity contribution < 1.29 is 5.48 Å². The minimum absolute atomic E-state index is 0. The minimum atomic E-state index is -0.776. The summed E-state index contributed by atoms with van der Waals surface area (Å²) >= 11 is 0. The van der Waals surface area contributed by atoms with Gasteiger partial charge >= 0.3 is 0 Å². The SMILES string of the molecule is Cc1ccc2c(c1)C1(c3ccccc3-2)c2ccccc2-c2cc3c4ccccc4n(-c4ccccc4)c3cc21.O.c1ccc(-n2c3ccccc3c3cc4c(cc32)C2(c3ccccc3-c3ccc(-c5cccnc5)cc32)c2ccccc2-4)cc1.c1ccc(-n2c3ccccc3c3cc4c(cc32)C2(c3ccccc3-c3ccc(P(c5ccccc5)c5ccccc5)cc32)c2ccccc2-4)cc1. The predicted octanol–water partition coefficient (Wildman–Crippen LogP) is 29.7. The first-order chi connectivity index (χ1) is 66.4. The summed E-state index contributed by atoms with van der Waals surface area (Å²) in [5.41, 5.74) is 45.8. The van der Waals surface area contributed by atoms with Crippen molar-refractivity contribution in [1.29, 1.82) is 0 Å². The highest BCUT2D eigenvalue weighted by molar-refractivity contribution is 7.79. The van der Waals surface area contributed by atoms with Crippen molar-refractivity contribution in [2.24, 2.45) is 0 Å². The third-order valence-corrected chi connectivity index (χ3v) is 32.5. The fraction of sp³-hybridized carbons (Fsp3) is 0.0310. The Labute approximate surface area is 783 Å². The molecule has 2 N–H and O–H groups in total. The molecule has 3 atom stereocenters. The first-order valence-electron chi connectivity index (χ1n) is 46.6. The van der Waals surface area contributed by atoms with E-state index >= 15 is 0 Å². The molecule has 6 aliphatic rings. The lowest BCUT2D eigenvalue weighted by Crippen LogP contribution is -2.28. The maximum absolute atomic E-state index is 4.45. The molecule has 0 bridgehead atoms. The van der Waals surface area contributed by atoms with Crippen LogP contribution in [0, 0.1) is 6.92 Å². The van der Waals surface area contributed by atoms with Crippen molar-refractivity contribution in [3.8, 4) is 95.0 Å². The number of para-hydroxylation sites is 6. The summed E-state index contributed by atoms with van der Waals surface area (Å²) < 4.78 is 7.35. The van der Waals surface area contributed by atoms with E-state index in [-0.39, 0.29) is 10.9 Å². The molecule has 6 heteroatoms. The summed E-state index contributed by atoms with van der Waals surface area (Å²) in [5.74, 6) is 0. The van der Waals surface area contributed by atoms with Crippen molar-refractivity contribution >= 4 is 89.3 Å². The van der Waals surface area contributed by atoms with Gasteiger partial charge in [-0.25, -0.2) is 0 Å². The van der Waals surface area contributed by atoms with Crippen LogP contribution in [0.5, 0.6) is 0 Å². The lowest BCUT2D eigenvalue weighted by molar-refractivity contribution is 0.793. The zero-order chi connectivity index (χ0) is 88.1. The molecule has 0 amide bonds. The maximum atomic E-state index is 4.45. The summed E-state index contributed by atoms with van der Waals surface area (Å²) in [7, 11) is -0.776. The minimum Gasteiger partial charge on any atom is -0.412 e. The molecule has 6 aliphatic carbocycles. The monoisotopic (exact) mass is 1740 g/mol. The zero-order valence-corrected chi connectivity index (χ0v) is 74.8. The van der Waals surface area contributed by atoms with E-state index in [0.717, 1.165) is 5.56 Å². The maximum Gasteiger partial charge on any atom is 0.0726 e. The second kappa shape index (κ2) is 30.2. The Balaban J connectivity index is 0.000000103. The van der Waals surface area contributed by atoms with Crippen molar-refractivity contribution in [3.63, 3.8) is 0 Å². The number of hydrogen-bond acceptors (Lipinski definition) is 1. The van der Waals surface area contributed by atoms with Crippen LogP contribution in [-0.2, 0) is 16.2 Å². The summed E-state index contributed by atoms with van der Waals surface area (Å²) in [6, 6.07) is 176. The molecule has 0 saturated heterocycles. The number of nitrogens with zero attached hydrogens (tertiary/aromatic N) is 4. The summed E-state index contributed by atoms with van der Waals surface area (Å²) in [5, 5.41) is 11.8. The van der Waals surface area contributed by atoms with E-state index in [9.17, 15) is 0 Å². The van der Waals surface area contributed by atoms with Gasteiger partial charge in [0, 0.05) is 61.8 Å². The third-order valence-electron chi connectivity index (χ3n) is 30.1. The Bertz CT molecular complexity index is 8990. The van der Waals surface area contributed by atoms with Crippen molar-refractivity contribution in [2.45, 2.75) is 23.2 Å². The van der Waals surface area contributed by atoms with Gasteiger partial charge in [-0.2, -0.15) is 0 Å². The molecule has 3 unspecified atom stereocenters. The molecular weight excluding hydrogens is 1650 g/mol. The smallest absolute Gasteiger partial charge is 0.0726 e. The van der Waals surface area contributed by atoms with E-state index in [2.05, 4.69) is 493 Å². The molecule has 135 heavy (non-hydrogen) atoms. The van der Waals surface area contributed by atoms with E-state index in [1.807, 2.05) is 18.5 Å². The molecule has 20 aromatic carbocycles. The van der Waals surface area contributed by atoms with E-state index < -0.39 is 18.8 Å². The molecule has 5 nitrogen and oxygen atoms in total. The number of aromatic nitrogens is 4. The van der Waals surface area contributed by atoms with Gasteiger partial charge in [0.2, 0.25) is 0 Å². The van der Waals surface area contributed by atoms with E-state index in [1.54, 1.807) is 0 Å². The Hall–Kier alpha value is -16.7. The Morgan fingerprint density at radius 3 is 0.844 bits per heavy atom. The second-order valence-corrected chi connectivity index (χ2v) is 38.8. The molecule has 0 fully saturated rings. The van der Waals surface area contributed by atoms with Gasteiger partial charge in [-0.3, -0.25) is 4.98 Å². The van der Waals surface area contributed by atoms with Crippen LogP contribution in [0.25, 0.3) is 160 Å². The van der Waals surface area contributed by atoms with E-state index in [1.165, 1.54) is 243 Å². The van der Waals surface area contributed by atoms with E-state index in [0.29, 0.717) is 0 Å². The molecule has 0 saturated carbocycles. The predicted molar refractivity (Wildman–Crippen MR) is 562 cm³/mol. The quantitative estimate of drug-likeness (QED) is 0.147. The van der Waals surface area contributed by atoms with Crippen LogP contribution < -0.4 is 15.9 Å². The summed E-state index contributed by atoms with van der Waals surface area (Å²) in [6.07, 6.45) is 3.81. The highest BCUT2D eigenvalue weighted by atomic mass is 31.1.